The maximum absolute atomic E-state index is 13.6. The summed E-state index contributed by atoms with van der Waals surface area (Å²) >= 11 is 0. The number of nitrogen functional groups attached to an aromatic ring is 1. The van der Waals surface area contributed by atoms with Gasteiger partial charge in [0, 0.05) is 18.3 Å². The van der Waals surface area contributed by atoms with Gasteiger partial charge in [-0.15, -0.1) is 0 Å². The maximum atomic E-state index is 13.6. The lowest BCUT2D eigenvalue weighted by molar-refractivity contribution is 0.260. The summed E-state index contributed by atoms with van der Waals surface area (Å²) in [4.78, 5) is 1.40. The number of nitrogens with two attached hydrogens (primary N) is 1. The molecular formula is C13H19F2N3O2S. The molecule has 0 amide bonds. The lowest BCUT2D eigenvalue weighted by Gasteiger charge is -2.23. The fraction of sp³-hybridized carbons (Fsp3) is 0.538. The van der Waals surface area contributed by atoms with Gasteiger partial charge in [-0.05, 0) is 45.0 Å². The number of anilines is 1. The van der Waals surface area contributed by atoms with Gasteiger partial charge in [0.1, 0.15) is 4.90 Å². The minimum absolute atomic E-state index is 0.00348. The molecule has 5 nitrogen and oxygen atoms in total. The topological polar surface area (TPSA) is 75.4 Å². The summed E-state index contributed by atoms with van der Waals surface area (Å²) in [5, 5.41) is 0. The molecule has 1 atom stereocenters. The van der Waals surface area contributed by atoms with E-state index >= 15 is 0 Å². The summed E-state index contributed by atoms with van der Waals surface area (Å²) in [6.07, 6.45) is 2.18. The third kappa shape index (κ3) is 3.69. The van der Waals surface area contributed by atoms with E-state index in [-0.39, 0.29) is 18.3 Å². The molecule has 118 valence electrons. The van der Waals surface area contributed by atoms with E-state index in [1.165, 1.54) is 0 Å². The summed E-state index contributed by atoms with van der Waals surface area (Å²) in [5.41, 5.74) is 5.24. The van der Waals surface area contributed by atoms with E-state index in [2.05, 4.69) is 9.62 Å². The van der Waals surface area contributed by atoms with E-state index in [4.69, 9.17) is 5.73 Å². The predicted octanol–water partition coefficient (Wildman–Crippen LogP) is 1.31. The molecular weight excluding hydrogens is 300 g/mol. The number of likely N-dealkylation sites (tertiary alicyclic amines) is 1. The third-order valence-corrected chi connectivity index (χ3v) is 5.06. The van der Waals surface area contributed by atoms with Gasteiger partial charge in [-0.25, -0.2) is 21.9 Å². The summed E-state index contributed by atoms with van der Waals surface area (Å²) in [7, 11) is -4.13. The first-order valence-electron chi connectivity index (χ1n) is 6.79. The van der Waals surface area contributed by atoms with Gasteiger partial charge in [-0.2, -0.15) is 0 Å². The van der Waals surface area contributed by atoms with E-state index in [1.807, 2.05) is 6.92 Å². The van der Waals surface area contributed by atoms with Crippen molar-refractivity contribution in [1.29, 1.82) is 0 Å². The summed E-state index contributed by atoms with van der Waals surface area (Å²) in [6.45, 7) is 3.87. The van der Waals surface area contributed by atoms with Crippen LogP contribution in [0, 0.1) is 11.6 Å². The minimum atomic E-state index is -4.13. The van der Waals surface area contributed by atoms with Crippen molar-refractivity contribution in [1.82, 2.24) is 9.62 Å². The summed E-state index contributed by atoms with van der Waals surface area (Å²) in [5.74, 6) is -2.69. The highest BCUT2D eigenvalue weighted by atomic mass is 32.2. The second-order valence-electron chi connectivity index (χ2n) is 5.26. The largest absolute Gasteiger partial charge is 0.399 e. The molecule has 1 aliphatic rings. The number of sulfonamides is 1. The Bertz CT molecular complexity index is 616. The monoisotopic (exact) mass is 319 g/mol. The van der Waals surface area contributed by atoms with Crippen LogP contribution in [-0.2, 0) is 10.0 Å². The lowest BCUT2D eigenvalue weighted by atomic mass is 10.3. The highest BCUT2D eigenvalue weighted by Gasteiger charge is 2.25. The van der Waals surface area contributed by atoms with Crippen LogP contribution in [0.2, 0.25) is 0 Å². The van der Waals surface area contributed by atoms with Gasteiger partial charge in [-0.3, -0.25) is 4.90 Å². The van der Waals surface area contributed by atoms with Crippen LogP contribution in [0.25, 0.3) is 0 Å². The standard InChI is InChI=1S/C13H19F2N3O2S/c1-9(18-4-2-3-5-18)8-17-21(19,20)12-7-10(16)6-11(14)13(12)15/h6-7,9,17H,2-5,8,16H2,1H3. The van der Waals surface area contributed by atoms with Gasteiger partial charge < -0.3 is 5.73 Å². The molecule has 3 N–H and O–H groups in total. The fourth-order valence-corrected chi connectivity index (χ4v) is 3.64. The fourth-order valence-electron chi connectivity index (χ4n) is 2.40. The molecule has 1 aromatic rings. The van der Waals surface area contributed by atoms with Crippen molar-refractivity contribution in [3.05, 3.63) is 23.8 Å². The predicted molar refractivity (Wildman–Crippen MR) is 76.2 cm³/mol. The molecule has 1 unspecified atom stereocenters. The van der Waals surface area contributed by atoms with Crippen molar-refractivity contribution in [3.63, 3.8) is 0 Å². The summed E-state index contributed by atoms with van der Waals surface area (Å²) < 4.78 is 53.4. The molecule has 1 heterocycles. The molecule has 0 aliphatic carbocycles. The average molecular weight is 319 g/mol. The molecule has 1 fully saturated rings. The number of nitrogens with zero attached hydrogens (tertiary/aromatic N) is 1. The van der Waals surface area contributed by atoms with Crippen LogP contribution in [0.4, 0.5) is 14.5 Å². The molecule has 0 spiro atoms. The first kappa shape index (κ1) is 16.1. The van der Waals surface area contributed by atoms with Crippen LogP contribution in [0.3, 0.4) is 0 Å². The van der Waals surface area contributed by atoms with Crippen LogP contribution < -0.4 is 10.5 Å². The molecule has 1 saturated heterocycles. The Morgan fingerprint density at radius 3 is 2.57 bits per heavy atom. The molecule has 21 heavy (non-hydrogen) atoms. The first-order valence-corrected chi connectivity index (χ1v) is 8.28. The Labute approximate surface area is 123 Å². The van der Waals surface area contributed by atoms with Gasteiger partial charge in [-0.1, -0.05) is 0 Å². The number of hydrogen-bond acceptors (Lipinski definition) is 4. The Hall–Kier alpha value is -1.25. The van der Waals surface area contributed by atoms with Crippen molar-refractivity contribution in [2.75, 3.05) is 25.4 Å². The van der Waals surface area contributed by atoms with E-state index in [0.29, 0.717) is 0 Å². The molecule has 0 aromatic heterocycles. The van der Waals surface area contributed by atoms with Crippen LogP contribution >= 0.6 is 0 Å². The first-order chi connectivity index (χ1) is 9.81. The van der Waals surface area contributed by atoms with Gasteiger partial charge in [0.2, 0.25) is 10.0 Å². The van der Waals surface area contributed by atoms with Crippen molar-refractivity contribution in [2.45, 2.75) is 30.7 Å². The Morgan fingerprint density at radius 2 is 1.95 bits per heavy atom. The van der Waals surface area contributed by atoms with Gasteiger partial charge in [0.15, 0.2) is 11.6 Å². The zero-order valence-corrected chi connectivity index (χ0v) is 12.6. The number of rotatable bonds is 5. The molecule has 2 rings (SSSR count). The third-order valence-electron chi connectivity index (χ3n) is 3.64. The van der Waals surface area contributed by atoms with E-state index < -0.39 is 26.6 Å². The molecule has 8 heteroatoms. The van der Waals surface area contributed by atoms with E-state index in [9.17, 15) is 17.2 Å². The smallest absolute Gasteiger partial charge is 0.243 e. The second kappa shape index (κ2) is 6.25. The van der Waals surface area contributed by atoms with Crippen LogP contribution in [0.1, 0.15) is 19.8 Å². The highest BCUT2D eigenvalue weighted by Crippen LogP contribution is 2.21. The number of nitrogens with one attached hydrogen (secondary N) is 1. The Balaban J connectivity index is 2.11. The van der Waals surface area contributed by atoms with E-state index in [0.717, 1.165) is 38.1 Å². The average Bonchev–Trinajstić information content (AvgIpc) is 2.94. The Kier molecular flexibility index (Phi) is 4.80. The van der Waals surface area contributed by atoms with Crippen molar-refractivity contribution in [3.8, 4) is 0 Å². The molecule has 0 bridgehead atoms. The van der Waals surface area contributed by atoms with Crippen molar-refractivity contribution in [2.24, 2.45) is 0 Å². The number of benzene rings is 1. The zero-order chi connectivity index (χ0) is 15.6. The second-order valence-corrected chi connectivity index (χ2v) is 6.99. The molecule has 1 aromatic carbocycles. The van der Waals surface area contributed by atoms with Gasteiger partial charge in [0.05, 0.1) is 0 Å². The van der Waals surface area contributed by atoms with Crippen molar-refractivity contribution < 1.29 is 17.2 Å². The number of halogens is 2. The molecule has 1 aliphatic heterocycles. The molecule has 0 radical (unpaired) electrons. The van der Waals surface area contributed by atoms with E-state index in [1.54, 1.807) is 0 Å². The van der Waals surface area contributed by atoms with Gasteiger partial charge >= 0.3 is 0 Å². The lowest BCUT2D eigenvalue weighted by Crippen LogP contribution is -2.40. The number of hydrogen-bond donors (Lipinski definition) is 2. The normalized spacial score (nSPS) is 18.0. The van der Waals surface area contributed by atoms with Crippen LogP contribution in [0.15, 0.2) is 17.0 Å². The summed E-state index contributed by atoms with van der Waals surface area (Å²) in [6, 6.07) is 1.67. The zero-order valence-electron chi connectivity index (χ0n) is 11.8. The quantitative estimate of drug-likeness (QED) is 0.803. The SMILES string of the molecule is CC(CNS(=O)(=O)c1cc(N)cc(F)c1F)N1CCCC1. The van der Waals surface area contributed by atoms with Crippen molar-refractivity contribution >= 4 is 15.7 Å². The maximum Gasteiger partial charge on any atom is 0.243 e. The molecule has 0 saturated carbocycles. The minimum Gasteiger partial charge on any atom is -0.399 e. The van der Waals surface area contributed by atoms with Crippen LogP contribution in [0.5, 0.6) is 0 Å². The van der Waals surface area contributed by atoms with Crippen LogP contribution in [-0.4, -0.2) is 39.0 Å². The highest BCUT2D eigenvalue weighted by molar-refractivity contribution is 7.89. The Morgan fingerprint density at radius 1 is 1.33 bits per heavy atom. The van der Waals surface area contributed by atoms with Gasteiger partial charge in [0.25, 0.3) is 0 Å².